The largest absolute Gasteiger partial charge is 0.393 e. The fourth-order valence-electron chi connectivity index (χ4n) is 1.59. The summed E-state index contributed by atoms with van der Waals surface area (Å²) in [5.41, 5.74) is 5.54. The Kier molecular flexibility index (Phi) is 3.16. The summed E-state index contributed by atoms with van der Waals surface area (Å²) in [4.78, 5) is 0. The van der Waals surface area contributed by atoms with Crippen molar-refractivity contribution >= 4 is 0 Å². The maximum absolute atomic E-state index is 9.26. The number of hydrogen-bond acceptors (Lipinski definition) is 2. The first-order chi connectivity index (χ1) is 4.83. The molecular weight excluding hydrogens is 126 g/mol. The number of rotatable bonds is 1. The molecule has 0 aliphatic heterocycles. The van der Waals surface area contributed by atoms with Crippen LogP contribution in [0.5, 0.6) is 0 Å². The number of aliphatic hydroxyl groups excluding tert-OH is 1. The monoisotopic (exact) mass is 143 g/mol. The van der Waals surface area contributed by atoms with Crippen LogP contribution < -0.4 is 5.73 Å². The smallest absolute Gasteiger partial charge is 0.0540 e. The molecule has 2 heteroatoms. The SMILES string of the molecule is NCC1CCCC(O)CC1. The Balaban J connectivity index is 2.26. The Morgan fingerprint density at radius 3 is 2.70 bits per heavy atom. The Labute approximate surface area is 62.4 Å². The number of hydrogen-bond donors (Lipinski definition) is 2. The van der Waals surface area contributed by atoms with E-state index in [9.17, 15) is 5.11 Å². The van der Waals surface area contributed by atoms with E-state index in [0.29, 0.717) is 5.92 Å². The minimum atomic E-state index is -0.0449. The summed E-state index contributed by atoms with van der Waals surface area (Å²) in [5, 5.41) is 9.26. The van der Waals surface area contributed by atoms with Gasteiger partial charge < -0.3 is 10.8 Å². The zero-order valence-electron chi connectivity index (χ0n) is 6.42. The van der Waals surface area contributed by atoms with Crippen LogP contribution in [0.2, 0.25) is 0 Å². The molecule has 0 radical (unpaired) electrons. The van der Waals surface area contributed by atoms with Crippen LogP contribution in [0.15, 0.2) is 0 Å². The molecule has 0 bridgehead atoms. The van der Waals surface area contributed by atoms with Gasteiger partial charge in [0.1, 0.15) is 0 Å². The first-order valence-corrected chi connectivity index (χ1v) is 4.21. The third-order valence-electron chi connectivity index (χ3n) is 2.39. The van der Waals surface area contributed by atoms with Crippen LogP contribution in [-0.2, 0) is 0 Å². The second-order valence-corrected chi connectivity index (χ2v) is 3.26. The Bertz CT molecular complexity index is 95.3. The van der Waals surface area contributed by atoms with Crippen LogP contribution in [0, 0.1) is 5.92 Å². The summed E-state index contributed by atoms with van der Waals surface area (Å²) in [7, 11) is 0. The summed E-state index contributed by atoms with van der Waals surface area (Å²) in [6, 6.07) is 0. The van der Waals surface area contributed by atoms with Gasteiger partial charge in [-0.1, -0.05) is 6.42 Å². The van der Waals surface area contributed by atoms with Crippen molar-refractivity contribution in [2.75, 3.05) is 6.54 Å². The lowest BCUT2D eigenvalue weighted by molar-refractivity contribution is 0.156. The van der Waals surface area contributed by atoms with Gasteiger partial charge in [0.05, 0.1) is 6.10 Å². The lowest BCUT2D eigenvalue weighted by Crippen LogP contribution is -2.13. The van der Waals surface area contributed by atoms with Crippen LogP contribution in [0.4, 0.5) is 0 Å². The fraction of sp³-hybridized carbons (Fsp3) is 1.00. The van der Waals surface area contributed by atoms with E-state index < -0.39 is 0 Å². The lowest BCUT2D eigenvalue weighted by atomic mass is 10.0. The minimum Gasteiger partial charge on any atom is -0.393 e. The first kappa shape index (κ1) is 8.02. The van der Waals surface area contributed by atoms with Crippen LogP contribution in [-0.4, -0.2) is 17.8 Å². The highest BCUT2D eigenvalue weighted by Gasteiger charge is 2.15. The molecule has 0 amide bonds. The zero-order valence-corrected chi connectivity index (χ0v) is 6.42. The van der Waals surface area contributed by atoms with Gasteiger partial charge in [-0.15, -0.1) is 0 Å². The molecule has 1 aliphatic carbocycles. The van der Waals surface area contributed by atoms with Gasteiger partial charge in [-0.3, -0.25) is 0 Å². The topological polar surface area (TPSA) is 46.2 Å². The molecular formula is C8H17NO. The molecule has 0 aromatic carbocycles. The fourth-order valence-corrected chi connectivity index (χ4v) is 1.59. The molecule has 0 aromatic rings. The summed E-state index contributed by atoms with van der Waals surface area (Å²) in [5.74, 6) is 0.678. The molecule has 0 aromatic heterocycles. The molecule has 0 heterocycles. The molecule has 10 heavy (non-hydrogen) atoms. The predicted molar refractivity (Wildman–Crippen MR) is 41.6 cm³/mol. The summed E-state index contributed by atoms with van der Waals surface area (Å²) in [6.45, 7) is 0.798. The highest BCUT2D eigenvalue weighted by molar-refractivity contribution is 4.69. The van der Waals surface area contributed by atoms with Gasteiger partial charge in [0.15, 0.2) is 0 Å². The molecule has 1 rings (SSSR count). The van der Waals surface area contributed by atoms with Gasteiger partial charge in [0.2, 0.25) is 0 Å². The number of nitrogens with two attached hydrogens (primary N) is 1. The standard InChI is InChI=1S/C8H17NO/c9-6-7-2-1-3-8(10)5-4-7/h7-8,10H,1-6,9H2. The van der Waals surface area contributed by atoms with Crippen molar-refractivity contribution in [2.45, 2.75) is 38.2 Å². The predicted octanol–water partition coefficient (Wildman–Crippen LogP) is 0.886. The average molecular weight is 143 g/mol. The molecule has 1 fully saturated rings. The average Bonchev–Trinajstić information content (AvgIpc) is 2.14. The Morgan fingerprint density at radius 1 is 1.20 bits per heavy atom. The maximum Gasteiger partial charge on any atom is 0.0540 e. The summed E-state index contributed by atoms with van der Waals surface area (Å²) < 4.78 is 0. The summed E-state index contributed by atoms with van der Waals surface area (Å²) >= 11 is 0. The van der Waals surface area contributed by atoms with Crippen molar-refractivity contribution in [1.82, 2.24) is 0 Å². The molecule has 0 saturated heterocycles. The van der Waals surface area contributed by atoms with Crippen LogP contribution >= 0.6 is 0 Å². The minimum absolute atomic E-state index is 0.0449. The van der Waals surface area contributed by atoms with E-state index >= 15 is 0 Å². The van der Waals surface area contributed by atoms with Crippen molar-refractivity contribution in [3.8, 4) is 0 Å². The van der Waals surface area contributed by atoms with E-state index in [2.05, 4.69) is 0 Å². The molecule has 2 nitrogen and oxygen atoms in total. The highest BCUT2D eigenvalue weighted by Crippen LogP contribution is 2.21. The second-order valence-electron chi connectivity index (χ2n) is 3.26. The third kappa shape index (κ3) is 2.27. The normalized spacial score (nSPS) is 35.4. The van der Waals surface area contributed by atoms with E-state index in [-0.39, 0.29) is 6.10 Å². The van der Waals surface area contributed by atoms with Gasteiger partial charge in [-0.2, -0.15) is 0 Å². The van der Waals surface area contributed by atoms with Gasteiger partial charge >= 0.3 is 0 Å². The molecule has 1 aliphatic rings. The van der Waals surface area contributed by atoms with Gasteiger partial charge in [0, 0.05) is 0 Å². The van der Waals surface area contributed by atoms with E-state index in [1.54, 1.807) is 0 Å². The van der Waals surface area contributed by atoms with E-state index in [0.717, 1.165) is 32.2 Å². The van der Waals surface area contributed by atoms with Crippen molar-refractivity contribution in [1.29, 1.82) is 0 Å². The van der Waals surface area contributed by atoms with Crippen molar-refractivity contribution < 1.29 is 5.11 Å². The van der Waals surface area contributed by atoms with Crippen molar-refractivity contribution in [2.24, 2.45) is 11.7 Å². The zero-order chi connectivity index (χ0) is 7.40. The summed E-state index contributed by atoms with van der Waals surface area (Å²) in [6.07, 6.45) is 5.39. The Morgan fingerprint density at radius 2 is 2.00 bits per heavy atom. The van der Waals surface area contributed by atoms with Crippen molar-refractivity contribution in [3.05, 3.63) is 0 Å². The van der Waals surface area contributed by atoms with E-state index in [1.165, 1.54) is 6.42 Å². The second kappa shape index (κ2) is 3.94. The highest BCUT2D eigenvalue weighted by atomic mass is 16.3. The van der Waals surface area contributed by atoms with Gasteiger partial charge in [-0.05, 0) is 38.1 Å². The molecule has 60 valence electrons. The van der Waals surface area contributed by atoms with Gasteiger partial charge in [0.25, 0.3) is 0 Å². The van der Waals surface area contributed by atoms with Gasteiger partial charge in [-0.25, -0.2) is 0 Å². The number of aliphatic hydroxyl groups is 1. The van der Waals surface area contributed by atoms with Crippen molar-refractivity contribution in [3.63, 3.8) is 0 Å². The maximum atomic E-state index is 9.26. The molecule has 2 atom stereocenters. The van der Waals surface area contributed by atoms with Crippen LogP contribution in [0.1, 0.15) is 32.1 Å². The first-order valence-electron chi connectivity index (χ1n) is 4.21. The van der Waals surface area contributed by atoms with Crippen LogP contribution in [0.25, 0.3) is 0 Å². The lowest BCUT2D eigenvalue weighted by Gasteiger charge is -2.09. The molecule has 1 saturated carbocycles. The van der Waals surface area contributed by atoms with E-state index in [1.807, 2.05) is 0 Å². The molecule has 3 N–H and O–H groups in total. The van der Waals surface area contributed by atoms with Crippen LogP contribution in [0.3, 0.4) is 0 Å². The Hall–Kier alpha value is -0.0800. The van der Waals surface area contributed by atoms with E-state index in [4.69, 9.17) is 5.73 Å². The third-order valence-corrected chi connectivity index (χ3v) is 2.39. The quantitative estimate of drug-likeness (QED) is 0.535. The molecule has 2 unspecified atom stereocenters. The molecule has 0 spiro atoms.